The summed E-state index contributed by atoms with van der Waals surface area (Å²) in [4.78, 5) is 0. The molecule has 0 aliphatic heterocycles. The van der Waals surface area contributed by atoms with Crippen LogP contribution in [0.1, 0.15) is 43.4 Å². The molecule has 0 saturated carbocycles. The maximum absolute atomic E-state index is 14.0. The number of rotatable bonds is 7. The van der Waals surface area contributed by atoms with E-state index in [0.717, 1.165) is 13.5 Å². The number of aryl methyl sites for hydroxylation is 1. The van der Waals surface area contributed by atoms with Gasteiger partial charge in [0.15, 0.2) is 0 Å². The van der Waals surface area contributed by atoms with Gasteiger partial charge in [-0.2, -0.15) is 26.3 Å². The molecule has 0 aliphatic rings. The van der Waals surface area contributed by atoms with Crippen LogP contribution < -0.4 is 0 Å². The number of methoxy groups -OCH3 is 1. The molecule has 0 amide bonds. The van der Waals surface area contributed by atoms with Gasteiger partial charge in [-0.05, 0) is 24.0 Å². The van der Waals surface area contributed by atoms with Crippen molar-refractivity contribution in [3.63, 3.8) is 0 Å². The van der Waals surface area contributed by atoms with E-state index in [1.54, 1.807) is 12.1 Å². The van der Waals surface area contributed by atoms with Crippen LogP contribution in [0, 0.1) is 0 Å². The normalized spacial score (nSPS) is 14.7. The van der Waals surface area contributed by atoms with Crippen molar-refractivity contribution in [1.82, 2.24) is 0 Å². The van der Waals surface area contributed by atoms with Crippen molar-refractivity contribution in [2.24, 2.45) is 0 Å². The third-order valence-electron chi connectivity index (χ3n) is 3.85. The number of halogens is 7. The summed E-state index contributed by atoms with van der Waals surface area (Å²) < 4.78 is 95.4. The highest BCUT2D eigenvalue weighted by atomic mass is 19.4. The molecule has 1 unspecified atom stereocenters. The number of hydrogen-bond acceptors (Lipinski definition) is 1. The Balaban J connectivity index is 3.23. The summed E-state index contributed by atoms with van der Waals surface area (Å²) in [5, 5.41) is 0. The van der Waals surface area contributed by atoms with E-state index in [9.17, 15) is 30.7 Å². The Morgan fingerprint density at radius 3 is 1.96 bits per heavy atom. The molecule has 0 aromatic heterocycles. The lowest BCUT2D eigenvalue weighted by Gasteiger charge is -2.33. The highest BCUT2D eigenvalue weighted by Gasteiger charge is 2.72. The zero-order valence-corrected chi connectivity index (χ0v) is 13.3. The summed E-state index contributed by atoms with van der Waals surface area (Å²) in [6, 6.07) is 6.06. The molecule has 1 atom stereocenters. The summed E-state index contributed by atoms with van der Waals surface area (Å²) in [5.41, 5.74) is -4.64. The third kappa shape index (κ3) is 4.40. The van der Waals surface area contributed by atoms with E-state index in [1.165, 1.54) is 12.1 Å². The first-order valence-electron chi connectivity index (χ1n) is 7.41. The molecule has 0 radical (unpaired) electrons. The van der Waals surface area contributed by atoms with Gasteiger partial charge in [-0.25, -0.2) is 4.39 Å². The van der Waals surface area contributed by atoms with Crippen LogP contribution in [0.15, 0.2) is 24.3 Å². The molecule has 1 aromatic rings. The standard InChI is InChI=1S/C16H19F7O/c1-3-4-7-11-8-5-6-9-12(11)13(24-2)10-14(17,15(18,19)20)16(21,22)23/h5-6,8-9,13H,3-4,7,10H2,1-2H3. The largest absolute Gasteiger partial charge is 0.431 e. The third-order valence-corrected chi connectivity index (χ3v) is 3.85. The fourth-order valence-corrected chi connectivity index (χ4v) is 2.41. The minimum atomic E-state index is -6.08. The van der Waals surface area contributed by atoms with Gasteiger partial charge in [-0.15, -0.1) is 0 Å². The van der Waals surface area contributed by atoms with Crippen LogP contribution in [0.5, 0.6) is 0 Å². The zero-order valence-electron chi connectivity index (χ0n) is 13.3. The Kier molecular flexibility index (Phi) is 6.67. The van der Waals surface area contributed by atoms with E-state index < -0.39 is 30.5 Å². The monoisotopic (exact) mass is 360 g/mol. The Labute approximate surface area is 135 Å². The van der Waals surface area contributed by atoms with Crippen molar-refractivity contribution in [2.45, 2.75) is 56.7 Å². The molecule has 0 saturated heterocycles. The molecule has 0 heterocycles. The van der Waals surface area contributed by atoms with E-state index in [2.05, 4.69) is 0 Å². The highest BCUT2D eigenvalue weighted by molar-refractivity contribution is 5.30. The molecule has 0 fully saturated rings. The first-order chi connectivity index (χ1) is 11.0. The van der Waals surface area contributed by atoms with Crippen LogP contribution in [0.2, 0.25) is 0 Å². The summed E-state index contributed by atoms with van der Waals surface area (Å²) in [5.74, 6) is 0. The van der Waals surface area contributed by atoms with Gasteiger partial charge in [-0.1, -0.05) is 37.6 Å². The minimum absolute atomic E-state index is 0.143. The maximum atomic E-state index is 14.0. The first-order valence-corrected chi connectivity index (χ1v) is 7.41. The molecule has 1 rings (SSSR count). The van der Waals surface area contributed by atoms with Gasteiger partial charge in [0.1, 0.15) is 0 Å². The predicted molar refractivity (Wildman–Crippen MR) is 75.4 cm³/mol. The van der Waals surface area contributed by atoms with Crippen molar-refractivity contribution in [3.05, 3.63) is 35.4 Å². The van der Waals surface area contributed by atoms with Gasteiger partial charge in [0.05, 0.1) is 6.10 Å². The van der Waals surface area contributed by atoms with Crippen molar-refractivity contribution in [3.8, 4) is 0 Å². The van der Waals surface area contributed by atoms with Gasteiger partial charge in [0.25, 0.3) is 0 Å². The molecular formula is C16H19F7O. The lowest BCUT2D eigenvalue weighted by molar-refractivity contribution is -0.348. The molecule has 24 heavy (non-hydrogen) atoms. The average molecular weight is 360 g/mol. The Hall–Kier alpha value is -1.31. The maximum Gasteiger partial charge on any atom is 0.431 e. The van der Waals surface area contributed by atoms with E-state index in [-0.39, 0.29) is 5.56 Å². The summed E-state index contributed by atoms with van der Waals surface area (Å²) in [7, 11) is 0.967. The van der Waals surface area contributed by atoms with Gasteiger partial charge in [0, 0.05) is 13.5 Å². The quantitative estimate of drug-likeness (QED) is 0.547. The highest BCUT2D eigenvalue weighted by Crippen LogP contribution is 2.51. The predicted octanol–water partition coefficient (Wildman–Crippen LogP) is 5.94. The second-order valence-corrected chi connectivity index (χ2v) is 5.53. The van der Waals surface area contributed by atoms with E-state index >= 15 is 0 Å². The van der Waals surface area contributed by atoms with E-state index in [1.807, 2.05) is 6.92 Å². The van der Waals surface area contributed by atoms with Crippen LogP contribution in [0.3, 0.4) is 0 Å². The van der Waals surface area contributed by atoms with Crippen molar-refractivity contribution in [2.75, 3.05) is 7.11 Å². The van der Waals surface area contributed by atoms with Crippen LogP contribution in [0.4, 0.5) is 30.7 Å². The van der Waals surface area contributed by atoms with Crippen LogP contribution in [-0.4, -0.2) is 25.1 Å². The fourth-order valence-electron chi connectivity index (χ4n) is 2.41. The topological polar surface area (TPSA) is 9.23 Å². The van der Waals surface area contributed by atoms with Gasteiger partial charge < -0.3 is 4.74 Å². The first kappa shape index (κ1) is 20.7. The molecule has 8 heteroatoms. The zero-order chi connectivity index (χ0) is 18.6. The summed E-state index contributed by atoms with van der Waals surface area (Å²) in [6.07, 6.45) is -13.7. The van der Waals surface area contributed by atoms with Gasteiger partial charge in [0.2, 0.25) is 0 Å². The number of ether oxygens (including phenoxy) is 1. The molecule has 138 valence electrons. The number of unbranched alkanes of at least 4 members (excludes halogenated alkanes) is 1. The van der Waals surface area contributed by atoms with Crippen molar-refractivity contribution >= 4 is 0 Å². The molecule has 1 nitrogen and oxygen atoms in total. The lowest BCUT2D eigenvalue weighted by Crippen LogP contribution is -2.54. The van der Waals surface area contributed by atoms with Crippen LogP contribution in [-0.2, 0) is 11.2 Å². The lowest BCUT2D eigenvalue weighted by atomic mass is 9.89. The van der Waals surface area contributed by atoms with E-state index in [4.69, 9.17) is 4.74 Å². The molecule has 0 aliphatic carbocycles. The molecule has 0 spiro atoms. The second kappa shape index (κ2) is 7.72. The summed E-state index contributed by atoms with van der Waals surface area (Å²) >= 11 is 0. The minimum Gasteiger partial charge on any atom is -0.377 e. The number of benzene rings is 1. The molecule has 0 N–H and O–H groups in total. The summed E-state index contributed by atoms with van der Waals surface area (Å²) in [6.45, 7) is 1.90. The average Bonchev–Trinajstić information content (AvgIpc) is 2.48. The van der Waals surface area contributed by atoms with E-state index in [0.29, 0.717) is 18.4 Å². The fraction of sp³-hybridized carbons (Fsp3) is 0.625. The van der Waals surface area contributed by atoms with Crippen molar-refractivity contribution in [1.29, 1.82) is 0 Å². The molecule has 1 aromatic carbocycles. The van der Waals surface area contributed by atoms with Gasteiger partial charge in [-0.3, -0.25) is 0 Å². The molecular weight excluding hydrogens is 341 g/mol. The van der Waals surface area contributed by atoms with Crippen molar-refractivity contribution < 1.29 is 35.5 Å². The Morgan fingerprint density at radius 2 is 1.50 bits per heavy atom. The second-order valence-electron chi connectivity index (χ2n) is 5.53. The van der Waals surface area contributed by atoms with Crippen LogP contribution >= 0.6 is 0 Å². The Morgan fingerprint density at radius 1 is 0.958 bits per heavy atom. The molecule has 0 bridgehead atoms. The number of hydrogen-bond donors (Lipinski definition) is 0. The van der Waals surface area contributed by atoms with Gasteiger partial charge >= 0.3 is 18.0 Å². The smallest absolute Gasteiger partial charge is 0.377 e. The number of alkyl halides is 7. The SMILES string of the molecule is CCCCc1ccccc1C(CC(F)(C(F)(F)F)C(F)(F)F)OC. The Bertz CT molecular complexity index is 508. The van der Waals surface area contributed by atoms with Crippen LogP contribution in [0.25, 0.3) is 0 Å².